The number of nitrogens with one attached hydrogen (secondary N) is 1. The van der Waals surface area contributed by atoms with Crippen molar-refractivity contribution in [2.75, 3.05) is 20.6 Å². The van der Waals surface area contributed by atoms with E-state index in [0.717, 1.165) is 18.5 Å². The Balaban J connectivity index is 1.73. The molecule has 0 radical (unpaired) electrons. The Kier molecular flexibility index (Phi) is 4.78. The molecule has 2 atom stereocenters. The lowest BCUT2D eigenvalue weighted by Crippen LogP contribution is -2.31. The van der Waals surface area contributed by atoms with Crippen molar-refractivity contribution in [1.29, 1.82) is 0 Å². The standard InChI is InChI=1S/C14H26N4/c1-15-14-6-4-5-13(14)7-8-17(2)10-12-9-16-18(3)11-12/h9,11,13-15H,4-8,10H2,1-3H3. The predicted molar refractivity (Wildman–Crippen MR) is 74.3 cm³/mol. The van der Waals surface area contributed by atoms with Crippen LogP contribution in [0, 0.1) is 5.92 Å². The van der Waals surface area contributed by atoms with Gasteiger partial charge in [0.05, 0.1) is 6.20 Å². The summed E-state index contributed by atoms with van der Waals surface area (Å²) >= 11 is 0. The van der Waals surface area contributed by atoms with Crippen molar-refractivity contribution in [1.82, 2.24) is 20.0 Å². The second kappa shape index (κ2) is 6.34. The normalized spacial score (nSPS) is 24.0. The lowest BCUT2D eigenvalue weighted by molar-refractivity contribution is 0.278. The Hall–Kier alpha value is -0.870. The molecule has 1 heterocycles. The minimum absolute atomic E-state index is 0.747. The molecular weight excluding hydrogens is 224 g/mol. The minimum Gasteiger partial charge on any atom is -0.317 e. The molecule has 2 rings (SSSR count). The van der Waals surface area contributed by atoms with Crippen molar-refractivity contribution in [3.05, 3.63) is 18.0 Å². The van der Waals surface area contributed by atoms with E-state index < -0.39 is 0 Å². The monoisotopic (exact) mass is 250 g/mol. The summed E-state index contributed by atoms with van der Waals surface area (Å²) in [6.45, 7) is 2.18. The molecular formula is C14H26N4. The van der Waals surface area contributed by atoms with Crippen molar-refractivity contribution >= 4 is 0 Å². The van der Waals surface area contributed by atoms with E-state index in [1.54, 1.807) is 0 Å². The summed E-state index contributed by atoms with van der Waals surface area (Å²) in [4.78, 5) is 2.40. The molecule has 1 N–H and O–H groups in total. The SMILES string of the molecule is CNC1CCCC1CCN(C)Cc1cnn(C)c1. The number of hydrogen-bond donors (Lipinski definition) is 1. The third-order valence-electron chi connectivity index (χ3n) is 4.12. The second-order valence-electron chi connectivity index (χ2n) is 5.63. The van der Waals surface area contributed by atoms with Crippen molar-refractivity contribution in [2.45, 2.75) is 38.3 Å². The third-order valence-corrected chi connectivity index (χ3v) is 4.12. The molecule has 1 aromatic heterocycles. The smallest absolute Gasteiger partial charge is 0.0534 e. The minimum atomic E-state index is 0.747. The molecule has 1 aliphatic carbocycles. The van der Waals surface area contributed by atoms with Gasteiger partial charge >= 0.3 is 0 Å². The maximum atomic E-state index is 4.21. The van der Waals surface area contributed by atoms with Crippen LogP contribution in [0.4, 0.5) is 0 Å². The number of rotatable bonds is 6. The Labute approximate surface area is 110 Å². The number of nitrogens with zero attached hydrogens (tertiary/aromatic N) is 3. The molecule has 1 aromatic rings. The van der Waals surface area contributed by atoms with Crippen LogP contribution < -0.4 is 5.32 Å². The van der Waals surface area contributed by atoms with Gasteiger partial charge in [-0.1, -0.05) is 6.42 Å². The van der Waals surface area contributed by atoms with Gasteiger partial charge in [0.15, 0.2) is 0 Å². The van der Waals surface area contributed by atoms with Crippen molar-refractivity contribution in [3.8, 4) is 0 Å². The maximum absolute atomic E-state index is 4.21. The van der Waals surface area contributed by atoms with Gasteiger partial charge in [-0.25, -0.2) is 0 Å². The topological polar surface area (TPSA) is 33.1 Å². The van der Waals surface area contributed by atoms with Crippen molar-refractivity contribution in [3.63, 3.8) is 0 Å². The van der Waals surface area contributed by atoms with Gasteiger partial charge in [-0.05, 0) is 45.8 Å². The van der Waals surface area contributed by atoms with E-state index >= 15 is 0 Å². The zero-order chi connectivity index (χ0) is 13.0. The van der Waals surface area contributed by atoms with Gasteiger partial charge in [-0.15, -0.1) is 0 Å². The molecule has 0 spiro atoms. The van der Waals surface area contributed by atoms with E-state index in [-0.39, 0.29) is 0 Å². The highest BCUT2D eigenvalue weighted by molar-refractivity contribution is 5.02. The molecule has 102 valence electrons. The van der Waals surface area contributed by atoms with Crippen LogP contribution in [0.1, 0.15) is 31.2 Å². The Morgan fingerprint density at radius 1 is 1.50 bits per heavy atom. The van der Waals surface area contributed by atoms with Crippen molar-refractivity contribution in [2.24, 2.45) is 13.0 Å². The molecule has 2 unspecified atom stereocenters. The quantitative estimate of drug-likeness (QED) is 0.833. The fourth-order valence-electron chi connectivity index (χ4n) is 3.09. The van der Waals surface area contributed by atoms with Gasteiger partial charge in [0.1, 0.15) is 0 Å². The van der Waals surface area contributed by atoms with Crippen LogP contribution in [0.15, 0.2) is 12.4 Å². The average Bonchev–Trinajstić information content (AvgIpc) is 2.95. The second-order valence-corrected chi connectivity index (χ2v) is 5.63. The predicted octanol–water partition coefficient (Wildman–Crippen LogP) is 1.63. The largest absolute Gasteiger partial charge is 0.317 e. The molecule has 0 bridgehead atoms. The van der Waals surface area contributed by atoms with E-state index in [0.29, 0.717) is 0 Å². The van der Waals surface area contributed by atoms with Crippen LogP contribution in [0.2, 0.25) is 0 Å². The summed E-state index contributed by atoms with van der Waals surface area (Å²) in [5.74, 6) is 0.867. The molecule has 4 heteroatoms. The van der Waals surface area contributed by atoms with Crippen LogP contribution in [0.25, 0.3) is 0 Å². The maximum Gasteiger partial charge on any atom is 0.0534 e. The molecule has 18 heavy (non-hydrogen) atoms. The van der Waals surface area contributed by atoms with Crippen LogP contribution in [-0.2, 0) is 13.6 Å². The van der Waals surface area contributed by atoms with Gasteiger partial charge in [0, 0.05) is 31.4 Å². The number of hydrogen-bond acceptors (Lipinski definition) is 3. The lowest BCUT2D eigenvalue weighted by Gasteiger charge is -2.22. The lowest BCUT2D eigenvalue weighted by atomic mass is 9.99. The van der Waals surface area contributed by atoms with Gasteiger partial charge in [-0.3, -0.25) is 4.68 Å². The first kappa shape index (κ1) is 13.6. The summed E-state index contributed by atoms with van der Waals surface area (Å²) in [6, 6.07) is 0.747. The number of aryl methyl sites for hydroxylation is 1. The van der Waals surface area contributed by atoms with Gasteiger partial charge in [-0.2, -0.15) is 5.10 Å². The summed E-state index contributed by atoms with van der Waals surface area (Å²) in [7, 11) is 6.28. The fraction of sp³-hybridized carbons (Fsp3) is 0.786. The van der Waals surface area contributed by atoms with E-state index in [2.05, 4.69) is 35.6 Å². The van der Waals surface area contributed by atoms with Gasteiger partial charge in [0.25, 0.3) is 0 Å². The van der Waals surface area contributed by atoms with Gasteiger partial charge < -0.3 is 10.2 Å². The van der Waals surface area contributed by atoms with Gasteiger partial charge in [0.2, 0.25) is 0 Å². The molecule has 0 aromatic carbocycles. The van der Waals surface area contributed by atoms with E-state index in [1.807, 2.05) is 17.9 Å². The summed E-state index contributed by atoms with van der Waals surface area (Å²) in [5.41, 5.74) is 1.30. The zero-order valence-electron chi connectivity index (χ0n) is 11.9. The van der Waals surface area contributed by atoms with E-state index in [1.165, 1.54) is 37.8 Å². The first-order valence-corrected chi connectivity index (χ1v) is 7.02. The molecule has 0 saturated heterocycles. The average molecular weight is 250 g/mol. The molecule has 0 aliphatic heterocycles. The first-order chi connectivity index (χ1) is 8.69. The summed E-state index contributed by atoms with van der Waals surface area (Å²) in [6.07, 6.45) is 9.51. The Morgan fingerprint density at radius 3 is 3.00 bits per heavy atom. The summed E-state index contributed by atoms with van der Waals surface area (Å²) in [5, 5.41) is 7.67. The highest BCUT2D eigenvalue weighted by Gasteiger charge is 2.25. The Bertz CT molecular complexity index is 360. The summed E-state index contributed by atoms with van der Waals surface area (Å²) < 4.78 is 1.87. The molecule has 4 nitrogen and oxygen atoms in total. The molecule has 1 saturated carbocycles. The fourth-order valence-corrected chi connectivity index (χ4v) is 3.09. The Morgan fingerprint density at radius 2 is 2.33 bits per heavy atom. The number of aromatic nitrogens is 2. The highest BCUT2D eigenvalue weighted by atomic mass is 15.2. The van der Waals surface area contributed by atoms with Crippen LogP contribution >= 0.6 is 0 Å². The molecule has 1 fully saturated rings. The first-order valence-electron chi connectivity index (χ1n) is 7.02. The van der Waals surface area contributed by atoms with Crippen LogP contribution in [0.5, 0.6) is 0 Å². The highest BCUT2D eigenvalue weighted by Crippen LogP contribution is 2.28. The zero-order valence-corrected chi connectivity index (χ0v) is 11.9. The molecule has 1 aliphatic rings. The van der Waals surface area contributed by atoms with E-state index in [4.69, 9.17) is 0 Å². The van der Waals surface area contributed by atoms with E-state index in [9.17, 15) is 0 Å². The van der Waals surface area contributed by atoms with Crippen LogP contribution in [0.3, 0.4) is 0 Å². The third kappa shape index (κ3) is 3.56. The van der Waals surface area contributed by atoms with Crippen molar-refractivity contribution < 1.29 is 0 Å². The molecule has 0 amide bonds. The van der Waals surface area contributed by atoms with Crippen LogP contribution in [-0.4, -0.2) is 41.4 Å².